The standard InChI is InChI=1S/C11H19N3O3/c1-11(2,3)17-10(16)13-9(7-15)8-5-12-14(4)6-8/h5-6,9,15H,7H2,1-4H3,(H,13,16). The number of carbonyl (C=O) groups excluding carboxylic acids is 1. The van der Waals surface area contributed by atoms with Gasteiger partial charge in [0.25, 0.3) is 0 Å². The Balaban J connectivity index is 2.62. The number of aliphatic hydroxyl groups excluding tert-OH is 1. The Kier molecular flexibility index (Phi) is 4.11. The molecule has 0 saturated carbocycles. The third kappa shape index (κ3) is 4.44. The molecule has 1 atom stereocenters. The normalized spacial score (nSPS) is 13.2. The molecule has 0 aliphatic rings. The summed E-state index contributed by atoms with van der Waals surface area (Å²) in [5.74, 6) is 0. The van der Waals surface area contributed by atoms with Gasteiger partial charge in [-0.25, -0.2) is 4.79 Å². The van der Waals surface area contributed by atoms with Crippen LogP contribution >= 0.6 is 0 Å². The van der Waals surface area contributed by atoms with E-state index < -0.39 is 17.7 Å². The maximum atomic E-state index is 11.5. The zero-order valence-electron chi connectivity index (χ0n) is 10.6. The smallest absolute Gasteiger partial charge is 0.408 e. The predicted octanol–water partition coefficient (Wildman–Crippen LogP) is 0.978. The van der Waals surface area contributed by atoms with Gasteiger partial charge in [-0.3, -0.25) is 4.68 Å². The van der Waals surface area contributed by atoms with E-state index in [0.717, 1.165) is 5.56 Å². The summed E-state index contributed by atoms with van der Waals surface area (Å²) in [6.07, 6.45) is 2.77. The van der Waals surface area contributed by atoms with Crippen LogP contribution in [0.5, 0.6) is 0 Å². The summed E-state index contributed by atoms with van der Waals surface area (Å²) in [5.41, 5.74) is 0.180. The van der Waals surface area contributed by atoms with Crippen molar-refractivity contribution < 1.29 is 14.6 Å². The van der Waals surface area contributed by atoms with E-state index in [4.69, 9.17) is 4.74 Å². The molecule has 96 valence electrons. The van der Waals surface area contributed by atoms with Crippen molar-refractivity contribution in [1.82, 2.24) is 15.1 Å². The van der Waals surface area contributed by atoms with Crippen LogP contribution < -0.4 is 5.32 Å². The lowest BCUT2D eigenvalue weighted by atomic mass is 10.2. The molecule has 1 heterocycles. The van der Waals surface area contributed by atoms with Crippen LogP contribution in [0.1, 0.15) is 32.4 Å². The molecule has 6 nitrogen and oxygen atoms in total. The summed E-state index contributed by atoms with van der Waals surface area (Å²) in [7, 11) is 1.77. The Morgan fingerprint density at radius 1 is 1.65 bits per heavy atom. The highest BCUT2D eigenvalue weighted by molar-refractivity contribution is 5.68. The fourth-order valence-electron chi connectivity index (χ4n) is 1.30. The molecule has 0 aromatic carbocycles. The Morgan fingerprint density at radius 2 is 2.29 bits per heavy atom. The van der Waals surface area contributed by atoms with Gasteiger partial charge in [0.15, 0.2) is 0 Å². The zero-order chi connectivity index (χ0) is 13.1. The number of alkyl carbamates (subject to hydrolysis) is 1. The number of ether oxygens (including phenoxy) is 1. The van der Waals surface area contributed by atoms with Crippen molar-refractivity contribution in [3.63, 3.8) is 0 Å². The molecule has 1 amide bonds. The van der Waals surface area contributed by atoms with Crippen molar-refractivity contribution in [3.8, 4) is 0 Å². The molecule has 17 heavy (non-hydrogen) atoms. The van der Waals surface area contributed by atoms with Gasteiger partial charge in [-0.15, -0.1) is 0 Å². The summed E-state index contributed by atoms with van der Waals surface area (Å²) in [6, 6.07) is -0.501. The Bertz CT molecular complexity index is 382. The molecule has 0 radical (unpaired) electrons. The Morgan fingerprint density at radius 3 is 2.71 bits per heavy atom. The van der Waals surface area contributed by atoms with E-state index in [1.54, 1.807) is 44.9 Å². The van der Waals surface area contributed by atoms with E-state index in [9.17, 15) is 9.90 Å². The number of amides is 1. The molecule has 0 saturated heterocycles. The second-order valence-corrected chi connectivity index (χ2v) is 4.83. The number of nitrogens with zero attached hydrogens (tertiary/aromatic N) is 2. The van der Waals surface area contributed by atoms with Gasteiger partial charge in [0.2, 0.25) is 0 Å². The summed E-state index contributed by atoms with van der Waals surface area (Å²) < 4.78 is 6.72. The van der Waals surface area contributed by atoms with E-state index in [1.165, 1.54) is 0 Å². The fourth-order valence-corrected chi connectivity index (χ4v) is 1.30. The lowest BCUT2D eigenvalue weighted by molar-refractivity contribution is 0.0482. The van der Waals surface area contributed by atoms with Crippen molar-refractivity contribution in [2.24, 2.45) is 7.05 Å². The molecule has 1 unspecified atom stereocenters. The van der Waals surface area contributed by atoms with Gasteiger partial charge >= 0.3 is 6.09 Å². The first-order valence-corrected chi connectivity index (χ1v) is 5.41. The lowest BCUT2D eigenvalue weighted by Crippen LogP contribution is -2.36. The highest BCUT2D eigenvalue weighted by atomic mass is 16.6. The average Bonchev–Trinajstić information content (AvgIpc) is 2.58. The van der Waals surface area contributed by atoms with Crippen LogP contribution in [0.25, 0.3) is 0 Å². The Labute approximate surface area is 101 Å². The van der Waals surface area contributed by atoms with Gasteiger partial charge in [-0.05, 0) is 20.8 Å². The van der Waals surface area contributed by atoms with Crippen molar-refractivity contribution >= 4 is 6.09 Å². The molecule has 1 aromatic rings. The largest absolute Gasteiger partial charge is 0.444 e. The van der Waals surface area contributed by atoms with Crippen LogP contribution in [-0.2, 0) is 11.8 Å². The fraction of sp³-hybridized carbons (Fsp3) is 0.636. The third-order valence-corrected chi connectivity index (χ3v) is 2.00. The first-order chi connectivity index (χ1) is 7.81. The first-order valence-electron chi connectivity index (χ1n) is 5.41. The summed E-state index contributed by atoms with van der Waals surface area (Å²) in [6.45, 7) is 5.14. The van der Waals surface area contributed by atoms with Crippen LogP contribution in [0.3, 0.4) is 0 Å². The zero-order valence-corrected chi connectivity index (χ0v) is 10.6. The van der Waals surface area contributed by atoms with Crippen LogP contribution in [0.4, 0.5) is 4.79 Å². The number of carbonyl (C=O) groups is 1. The molecule has 0 aliphatic heterocycles. The highest BCUT2D eigenvalue weighted by Gasteiger charge is 2.20. The van der Waals surface area contributed by atoms with Gasteiger partial charge in [0.1, 0.15) is 5.60 Å². The second kappa shape index (κ2) is 5.18. The number of nitrogens with one attached hydrogen (secondary N) is 1. The minimum Gasteiger partial charge on any atom is -0.444 e. The average molecular weight is 241 g/mol. The molecular weight excluding hydrogens is 222 g/mol. The monoisotopic (exact) mass is 241 g/mol. The maximum absolute atomic E-state index is 11.5. The molecule has 6 heteroatoms. The topological polar surface area (TPSA) is 76.4 Å². The van der Waals surface area contributed by atoms with E-state index >= 15 is 0 Å². The van der Waals surface area contributed by atoms with Crippen molar-refractivity contribution in [3.05, 3.63) is 18.0 Å². The van der Waals surface area contributed by atoms with Gasteiger partial charge in [0.05, 0.1) is 18.8 Å². The van der Waals surface area contributed by atoms with E-state index in [1.807, 2.05) is 0 Å². The van der Waals surface area contributed by atoms with E-state index in [-0.39, 0.29) is 6.61 Å². The molecule has 0 spiro atoms. The Hall–Kier alpha value is -1.56. The van der Waals surface area contributed by atoms with Crippen LogP contribution in [0, 0.1) is 0 Å². The maximum Gasteiger partial charge on any atom is 0.408 e. The van der Waals surface area contributed by atoms with E-state index in [2.05, 4.69) is 10.4 Å². The lowest BCUT2D eigenvalue weighted by Gasteiger charge is -2.22. The second-order valence-electron chi connectivity index (χ2n) is 4.83. The quantitative estimate of drug-likeness (QED) is 0.827. The first kappa shape index (κ1) is 13.5. The predicted molar refractivity (Wildman–Crippen MR) is 62.4 cm³/mol. The molecule has 2 N–H and O–H groups in total. The minimum absolute atomic E-state index is 0.203. The van der Waals surface area contributed by atoms with Crippen molar-refractivity contribution in [1.29, 1.82) is 0 Å². The third-order valence-electron chi connectivity index (χ3n) is 2.00. The molecule has 0 aliphatic carbocycles. The SMILES string of the molecule is Cn1cc(C(CO)NC(=O)OC(C)(C)C)cn1. The summed E-state index contributed by atoms with van der Waals surface area (Å²) in [4.78, 5) is 11.5. The summed E-state index contributed by atoms with van der Waals surface area (Å²) in [5, 5.41) is 15.8. The van der Waals surface area contributed by atoms with Crippen LogP contribution in [0.2, 0.25) is 0 Å². The van der Waals surface area contributed by atoms with Crippen molar-refractivity contribution in [2.75, 3.05) is 6.61 Å². The molecule has 0 fully saturated rings. The number of aliphatic hydroxyl groups is 1. The number of rotatable bonds is 3. The molecule has 0 bridgehead atoms. The number of hydrogen-bond donors (Lipinski definition) is 2. The molecule has 1 aromatic heterocycles. The summed E-state index contributed by atoms with van der Waals surface area (Å²) >= 11 is 0. The van der Waals surface area contributed by atoms with E-state index in [0.29, 0.717) is 0 Å². The van der Waals surface area contributed by atoms with Crippen LogP contribution in [-0.4, -0.2) is 33.2 Å². The van der Waals surface area contributed by atoms with Gasteiger partial charge in [-0.1, -0.05) is 0 Å². The highest BCUT2D eigenvalue weighted by Crippen LogP contribution is 2.13. The number of aromatic nitrogens is 2. The van der Waals surface area contributed by atoms with Crippen molar-refractivity contribution in [2.45, 2.75) is 32.4 Å². The minimum atomic E-state index is -0.557. The van der Waals surface area contributed by atoms with Gasteiger partial charge < -0.3 is 15.2 Å². The van der Waals surface area contributed by atoms with Gasteiger partial charge in [0, 0.05) is 18.8 Å². The van der Waals surface area contributed by atoms with Crippen LogP contribution in [0.15, 0.2) is 12.4 Å². The molecular formula is C11H19N3O3. The number of aryl methyl sites for hydroxylation is 1. The number of hydrogen-bond acceptors (Lipinski definition) is 4. The van der Waals surface area contributed by atoms with Gasteiger partial charge in [-0.2, -0.15) is 5.10 Å². The molecule has 1 rings (SSSR count).